The van der Waals surface area contributed by atoms with Crippen molar-refractivity contribution in [1.29, 1.82) is 0 Å². The lowest BCUT2D eigenvalue weighted by Crippen LogP contribution is -2.30. The molecule has 1 atom stereocenters. The molecule has 4 nitrogen and oxygen atoms in total. The van der Waals surface area contributed by atoms with E-state index in [0.717, 1.165) is 38.0 Å². The lowest BCUT2D eigenvalue weighted by atomic mass is 10.1. The molecule has 3 rings (SSSR count). The van der Waals surface area contributed by atoms with Crippen LogP contribution >= 0.6 is 0 Å². The van der Waals surface area contributed by atoms with Gasteiger partial charge >= 0.3 is 0 Å². The molecular formula is C20H26N2O2. The highest BCUT2D eigenvalue weighted by atomic mass is 16.3. The van der Waals surface area contributed by atoms with Crippen molar-refractivity contribution < 1.29 is 9.21 Å². The summed E-state index contributed by atoms with van der Waals surface area (Å²) in [6.45, 7) is 5.72. The predicted molar refractivity (Wildman–Crippen MR) is 96.4 cm³/mol. The Morgan fingerprint density at radius 2 is 2.12 bits per heavy atom. The summed E-state index contributed by atoms with van der Waals surface area (Å²) in [7, 11) is 0. The van der Waals surface area contributed by atoms with Crippen molar-refractivity contribution >= 4 is 11.6 Å². The third-order valence-corrected chi connectivity index (χ3v) is 4.72. The number of benzene rings is 1. The van der Waals surface area contributed by atoms with E-state index >= 15 is 0 Å². The quantitative estimate of drug-likeness (QED) is 0.777. The molecule has 0 spiro atoms. The first-order chi connectivity index (χ1) is 11.7. The fraction of sp³-hybridized carbons (Fsp3) is 0.450. The standard InChI is InChI=1S/C20H26N2O2/c1-3-4-7-11-21-20(23)17-10-12-24-19(17)14-22-15(2)13-16-8-5-6-9-18(16)22/h5-6,8-10,12,15H,3-4,7,11,13-14H2,1-2H3,(H,21,23). The Morgan fingerprint density at radius 3 is 2.96 bits per heavy atom. The van der Waals surface area contributed by atoms with Gasteiger partial charge in [0.05, 0.1) is 18.4 Å². The SMILES string of the molecule is CCCCCNC(=O)c1ccoc1CN1c2ccccc2CC1C. The molecule has 0 radical (unpaired) electrons. The fourth-order valence-corrected chi connectivity index (χ4v) is 3.36. The number of hydrogen-bond acceptors (Lipinski definition) is 3. The van der Waals surface area contributed by atoms with Gasteiger partial charge in [-0.1, -0.05) is 38.0 Å². The summed E-state index contributed by atoms with van der Waals surface area (Å²) in [6.07, 6.45) is 5.96. The second-order valence-corrected chi connectivity index (χ2v) is 6.53. The molecule has 1 aromatic heterocycles. The highest BCUT2D eigenvalue weighted by Crippen LogP contribution is 2.33. The number of unbranched alkanes of at least 4 members (excludes halogenated alkanes) is 2. The number of rotatable bonds is 7. The van der Waals surface area contributed by atoms with E-state index in [1.54, 1.807) is 12.3 Å². The minimum Gasteiger partial charge on any atom is -0.467 e. The van der Waals surface area contributed by atoms with E-state index in [4.69, 9.17) is 4.42 Å². The summed E-state index contributed by atoms with van der Waals surface area (Å²) < 4.78 is 5.64. The van der Waals surface area contributed by atoms with Crippen LogP contribution in [0.2, 0.25) is 0 Å². The van der Waals surface area contributed by atoms with Crippen LogP contribution in [0.1, 0.15) is 54.8 Å². The first-order valence-corrected chi connectivity index (χ1v) is 8.89. The minimum absolute atomic E-state index is 0.0324. The van der Waals surface area contributed by atoms with Crippen LogP contribution < -0.4 is 10.2 Å². The van der Waals surface area contributed by atoms with Gasteiger partial charge in [0.25, 0.3) is 5.91 Å². The molecule has 0 saturated heterocycles. The van der Waals surface area contributed by atoms with Gasteiger partial charge < -0.3 is 14.6 Å². The Hall–Kier alpha value is -2.23. The van der Waals surface area contributed by atoms with Crippen molar-refractivity contribution in [2.24, 2.45) is 0 Å². The number of hydrogen-bond donors (Lipinski definition) is 1. The zero-order chi connectivity index (χ0) is 16.9. The van der Waals surface area contributed by atoms with E-state index in [9.17, 15) is 4.79 Å². The van der Waals surface area contributed by atoms with Crippen LogP contribution in [0.15, 0.2) is 41.0 Å². The second kappa shape index (κ2) is 7.56. The van der Waals surface area contributed by atoms with Crippen molar-refractivity contribution in [1.82, 2.24) is 5.32 Å². The summed E-state index contributed by atoms with van der Waals surface area (Å²) in [5.74, 6) is 0.710. The highest BCUT2D eigenvalue weighted by molar-refractivity contribution is 5.95. The molecule has 128 valence electrons. The number of furan rings is 1. The zero-order valence-electron chi connectivity index (χ0n) is 14.5. The molecule has 0 saturated carbocycles. The third-order valence-electron chi connectivity index (χ3n) is 4.72. The number of nitrogens with zero attached hydrogens (tertiary/aromatic N) is 1. The molecule has 0 aliphatic carbocycles. The van der Waals surface area contributed by atoms with Gasteiger partial charge in [0.1, 0.15) is 5.76 Å². The molecular weight excluding hydrogens is 300 g/mol. The van der Waals surface area contributed by atoms with Crippen molar-refractivity contribution in [3.05, 3.63) is 53.5 Å². The number of anilines is 1. The Labute approximate surface area is 143 Å². The largest absolute Gasteiger partial charge is 0.467 e. The van der Waals surface area contributed by atoms with Gasteiger partial charge in [-0.05, 0) is 37.5 Å². The molecule has 1 aliphatic heterocycles. The zero-order valence-corrected chi connectivity index (χ0v) is 14.5. The van der Waals surface area contributed by atoms with E-state index in [2.05, 4.69) is 48.3 Å². The Morgan fingerprint density at radius 1 is 1.29 bits per heavy atom. The molecule has 1 aliphatic rings. The average Bonchev–Trinajstić information content (AvgIpc) is 3.17. The number of fused-ring (bicyclic) bond motifs is 1. The van der Waals surface area contributed by atoms with Gasteiger partial charge in [0, 0.05) is 18.3 Å². The van der Waals surface area contributed by atoms with Crippen LogP contribution in [0.25, 0.3) is 0 Å². The number of para-hydroxylation sites is 1. The van der Waals surface area contributed by atoms with Gasteiger partial charge in [-0.25, -0.2) is 0 Å². The predicted octanol–water partition coefficient (Wildman–Crippen LogP) is 4.15. The summed E-state index contributed by atoms with van der Waals surface area (Å²) in [5, 5.41) is 3.00. The minimum atomic E-state index is -0.0324. The van der Waals surface area contributed by atoms with Crippen molar-refractivity contribution in [2.75, 3.05) is 11.4 Å². The first kappa shape index (κ1) is 16.6. The molecule has 2 heterocycles. The van der Waals surface area contributed by atoms with Gasteiger partial charge in [0.2, 0.25) is 0 Å². The van der Waals surface area contributed by atoms with Gasteiger partial charge in [-0.15, -0.1) is 0 Å². The molecule has 4 heteroatoms. The Kier molecular flexibility index (Phi) is 5.24. The maximum atomic E-state index is 12.4. The van der Waals surface area contributed by atoms with E-state index in [1.165, 1.54) is 11.3 Å². The molecule has 0 fully saturated rings. The third kappa shape index (κ3) is 3.48. The fourth-order valence-electron chi connectivity index (χ4n) is 3.36. The summed E-state index contributed by atoms with van der Waals surface area (Å²) in [6, 6.07) is 10.6. The maximum Gasteiger partial charge on any atom is 0.254 e. The van der Waals surface area contributed by atoms with E-state index in [1.807, 2.05) is 0 Å². The lowest BCUT2D eigenvalue weighted by Gasteiger charge is -2.24. The molecule has 1 amide bonds. The number of nitrogens with one attached hydrogen (secondary N) is 1. The van der Waals surface area contributed by atoms with Crippen LogP contribution in [-0.4, -0.2) is 18.5 Å². The lowest BCUT2D eigenvalue weighted by molar-refractivity contribution is 0.0951. The monoisotopic (exact) mass is 326 g/mol. The number of carbonyl (C=O) groups excluding carboxylic acids is 1. The molecule has 2 aromatic rings. The van der Waals surface area contributed by atoms with E-state index in [0.29, 0.717) is 18.2 Å². The maximum absolute atomic E-state index is 12.4. The van der Waals surface area contributed by atoms with Crippen molar-refractivity contribution in [3.8, 4) is 0 Å². The smallest absolute Gasteiger partial charge is 0.254 e. The van der Waals surface area contributed by atoms with Crippen molar-refractivity contribution in [3.63, 3.8) is 0 Å². The summed E-state index contributed by atoms with van der Waals surface area (Å²) in [5.41, 5.74) is 3.26. The van der Waals surface area contributed by atoms with Crippen LogP contribution in [0, 0.1) is 0 Å². The number of carbonyl (C=O) groups is 1. The molecule has 1 unspecified atom stereocenters. The summed E-state index contributed by atoms with van der Waals surface area (Å²) in [4.78, 5) is 14.7. The molecule has 1 aromatic carbocycles. The topological polar surface area (TPSA) is 45.5 Å². The summed E-state index contributed by atoms with van der Waals surface area (Å²) >= 11 is 0. The average molecular weight is 326 g/mol. The number of amides is 1. The van der Waals surface area contributed by atoms with Gasteiger partial charge in [-0.3, -0.25) is 4.79 Å². The first-order valence-electron chi connectivity index (χ1n) is 8.89. The van der Waals surface area contributed by atoms with Crippen LogP contribution in [0.5, 0.6) is 0 Å². The second-order valence-electron chi connectivity index (χ2n) is 6.53. The molecule has 24 heavy (non-hydrogen) atoms. The van der Waals surface area contributed by atoms with Crippen LogP contribution in [0.4, 0.5) is 5.69 Å². The van der Waals surface area contributed by atoms with E-state index in [-0.39, 0.29) is 5.91 Å². The Balaban J connectivity index is 1.69. The van der Waals surface area contributed by atoms with Gasteiger partial charge in [-0.2, -0.15) is 0 Å². The molecule has 0 bridgehead atoms. The van der Waals surface area contributed by atoms with Crippen LogP contribution in [0.3, 0.4) is 0 Å². The van der Waals surface area contributed by atoms with E-state index < -0.39 is 0 Å². The molecule has 1 N–H and O–H groups in total. The van der Waals surface area contributed by atoms with Crippen molar-refractivity contribution in [2.45, 2.75) is 52.1 Å². The Bertz CT molecular complexity index is 692. The normalized spacial score (nSPS) is 16.2. The van der Waals surface area contributed by atoms with Crippen LogP contribution in [-0.2, 0) is 13.0 Å². The highest BCUT2D eigenvalue weighted by Gasteiger charge is 2.27. The van der Waals surface area contributed by atoms with Gasteiger partial charge in [0.15, 0.2) is 0 Å².